The van der Waals surface area contributed by atoms with E-state index >= 15 is 0 Å². The predicted molar refractivity (Wildman–Crippen MR) is 135 cm³/mol. The van der Waals surface area contributed by atoms with Gasteiger partial charge < -0.3 is 11.1 Å². The van der Waals surface area contributed by atoms with Crippen LogP contribution in [-0.4, -0.2) is 22.3 Å². The maximum absolute atomic E-state index is 11.5. The fraction of sp³-hybridized carbons (Fsp3) is 0.192. The fourth-order valence-corrected chi connectivity index (χ4v) is 4.07. The van der Waals surface area contributed by atoms with Gasteiger partial charge >= 0.3 is 0 Å². The summed E-state index contributed by atoms with van der Waals surface area (Å²) in [6.45, 7) is 2.33. The number of hydrogen-bond acceptors (Lipinski definition) is 6. The molecule has 0 aliphatic rings. The molecule has 0 spiro atoms. The number of rotatable bonds is 8. The van der Waals surface area contributed by atoms with Crippen molar-refractivity contribution in [1.82, 2.24) is 9.97 Å². The van der Waals surface area contributed by atoms with Crippen molar-refractivity contribution in [3.63, 3.8) is 0 Å². The molecule has 1 atom stereocenters. The van der Waals surface area contributed by atoms with Crippen LogP contribution in [0.5, 0.6) is 0 Å². The zero-order valence-electron chi connectivity index (χ0n) is 18.0. The van der Waals surface area contributed by atoms with Gasteiger partial charge in [0.15, 0.2) is 5.82 Å². The molecule has 0 saturated carbocycles. The maximum atomic E-state index is 11.5. The highest BCUT2D eigenvalue weighted by molar-refractivity contribution is 7.80. The minimum absolute atomic E-state index is 0.109. The van der Waals surface area contributed by atoms with E-state index in [-0.39, 0.29) is 11.0 Å². The van der Waals surface area contributed by atoms with Gasteiger partial charge in [-0.15, -0.1) is 0 Å². The van der Waals surface area contributed by atoms with Crippen molar-refractivity contribution in [2.45, 2.75) is 25.0 Å². The number of anilines is 2. The summed E-state index contributed by atoms with van der Waals surface area (Å²) in [7, 11) is 0. The summed E-state index contributed by atoms with van der Waals surface area (Å²) in [5.41, 5.74) is 10.6. The van der Waals surface area contributed by atoms with Crippen LogP contribution in [0.4, 0.5) is 11.5 Å². The van der Waals surface area contributed by atoms with Crippen molar-refractivity contribution in [2.24, 2.45) is 0 Å². The highest BCUT2D eigenvalue weighted by Gasteiger charge is 2.13. The lowest BCUT2D eigenvalue weighted by Gasteiger charge is -2.13. The second-order valence-electron chi connectivity index (χ2n) is 7.88. The molecule has 4 rings (SSSR count). The number of Topliss-reactive ketones (excluding diaryl/α,β-unsaturated/α-hetero) is 1. The lowest BCUT2D eigenvalue weighted by Crippen LogP contribution is -2.08. The van der Waals surface area contributed by atoms with Crippen molar-refractivity contribution in [2.75, 3.05) is 17.6 Å². The van der Waals surface area contributed by atoms with Crippen LogP contribution in [0.3, 0.4) is 0 Å². The smallest absolute Gasteiger partial charge is 0.162 e. The molecule has 0 unspecified atom stereocenters. The Kier molecular flexibility index (Phi) is 6.71. The normalized spacial score (nSPS) is 11.9. The van der Waals surface area contributed by atoms with Crippen LogP contribution >= 0.6 is 12.6 Å². The number of fused-ring (bicyclic) bond motifs is 1. The highest BCUT2D eigenvalue weighted by atomic mass is 32.1. The van der Waals surface area contributed by atoms with Gasteiger partial charge in [-0.2, -0.15) is 12.6 Å². The first-order valence-corrected chi connectivity index (χ1v) is 11.1. The summed E-state index contributed by atoms with van der Waals surface area (Å²) in [4.78, 5) is 21.1. The summed E-state index contributed by atoms with van der Waals surface area (Å²) in [6, 6.07) is 23.9. The van der Waals surface area contributed by atoms with Gasteiger partial charge in [-0.1, -0.05) is 48.5 Å². The number of aromatic nitrogens is 2. The van der Waals surface area contributed by atoms with E-state index < -0.39 is 0 Å². The number of hydrogen-bond donors (Lipinski definition) is 3. The number of ketones is 1. The van der Waals surface area contributed by atoms with Crippen LogP contribution in [-0.2, 0) is 11.2 Å². The highest BCUT2D eigenvalue weighted by Crippen LogP contribution is 2.30. The second kappa shape index (κ2) is 9.83. The third-order valence-electron chi connectivity index (χ3n) is 5.28. The zero-order valence-corrected chi connectivity index (χ0v) is 18.8. The molecular weight excluding hydrogens is 416 g/mol. The van der Waals surface area contributed by atoms with Gasteiger partial charge in [0.25, 0.3) is 0 Å². The lowest BCUT2D eigenvalue weighted by molar-refractivity contribution is -0.117. The van der Waals surface area contributed by atoms with Gasteiger partial charge in [0.2, 0.25) is 0 Å². The molecule has 0 aliphatic carbocycles. The average molecular weight is 443 g/mol. The summed E-state index contributed by atoms with van der Waals surface area (Å²) < 4.78 is 0. The molecule has 0 amide bonds. The molecule has 3 N–H and O–H groups in total. The number of nitrogens with two attached hydrogens (primary N) is 1. The topological polar surface area (TPSA) is 80.9 Å². The van der Waals surface area contributed by atoms with Crippen molar-refractivity contribution >= 4 is 40.8 Å². The van der Waals surface area contributed by atoms with Crippen LogP contribution in [0.2, 0.25) is 0 Å². The maximum Gasteiger partial charge on any atom is 0.162 e. The molecule has 4 aromatic rings. The molecule has 6 heteroatoms. The molecule has 1 aromatic heterocycles. The van der Waals surface area contributed by atoms with Gasteiger partial charge in [0, 0.05) is 34.9 Å². The third-order valence-corrected chi connectivity index (χ3v) is 5.76. The van der Waals surface area contributed by atoms with Crippen LogP contribution in [0.1, 0.15) is 29.7 Å². The fourth-order valence-electron chi connectivity index (χ4n) is 3.66. The quantitative estimate of drug-likeness (QED) is 0.249. The predicted octanol–water partition coefficient (Wildman–Crippen LogP) is 5.48. The van der Waals surface area contributed by atoms with Gasteiger partial charge in [-0.25, -0.2) is 9.97 Å². The van der Waals surface area contributed by atoms with Crippen molar-refractivity contribution in [1.29, 1.82) is 0 Å². The summed E-state index contributed by atoms with van der Waals surface area (Å²) in [5.74, 6) is 1.49. The first-order valence-electron chi connectivity index (χ1n) is 10.6. The minimum atomic E-state index is -0.160. The van der Waals surface area contributed by atoms with Gasteiger partial charge in [0.05, 0.1) is 5.52 Å². The SMILES string of the molecule is CC(=O)C[C@@H](S)c1cccc(-c2nc(NCCc3ccccc3)c3ccc(N)cc3n2)c1. The monoisotopic (exact) mass is 442 g/mol. The minimum Gasteiger partial charge on any atom is -0.399 e. The van der Waals surface area contributed by atoms with E-state index in [9.17, 15) is 4.79 Å². The molecule has 162 valence electrons. The van der Waals surface area contributed by atoms with Gasteiger partial charge in [-0.3, -0.25) is 4.79 Å². The summed E-state index contributed by atoms with van der Waals surface area (Å²) >= 11 is 4.60. The van der Waals surface area contributed by atoms with Crippen molar-refractivity contribution in [3.8, 4) is 11.4 Å². The second-order valence-corrected chi connectivity index (χ2v) is 8.51. The number of nitrogens with one attached hydrogen (secondary N) is 1. The Morgan fingerprint density at radius 1 is 1.03 bits per heavy atom. The summed E-state index contributed by atoms with van der Waals surface area (Å²) in [5, 5.41) is 4.24. The number of carbonyl (C=O) groups is 1. The number of nitrogens with zero attached hydrogens (tertiary/aromatic N) is 2. The Bertz CT molecular complexity index is 1240. The molecule has 0 saturated heterocycles. The van der Waals surface area contributed by atoms with Crippen LogP contribution in [0.25, 0.3) is 22.3 Å². The molecule has 0 bridgehead atoms. The summed E-state index contributed by atoms with van der Waals surface area (Å²) in [6.07, 6.45) is 1.27. The van der Waals surface area contributed by atoms with E-state index in [0.717, 1.165) is 40.8 Å². The molecule has 5 nitrogen and oxygen atoms in total. The van der Waals surface area contributed by atoms with Crippen molar-refractivity contribution < 1.29 is 4.79 Å². The van der Waals surface area contributed by atoms with Gasteiger partial charge in [-0.05, 0) is 48.7 Å². The van der Waals surface area contributed by atoms with E-state index in [1.807, 2.05) is 60.7 Å². The van der Waals surface area contributed by atoms with E-state index in [1.54, 1.807) is 6.92 Å². The third kappa shape index (κ3) is 5.26. The number of carbonyl (C=O) groups excluding carboxylic acids is 1. The Morgan fingerprint density at radius 3 is 2.62 bits per heavy atom. The van der Waals surface area contributed by atoms with E-state index in [1.165, 1.54) is 5.56 Å². The Hall–Kier alpha value is -3.38. The molecule has 32 heavy (non-hydrogen) atoms. The number of thiol groups is 1. The van der Waals surface area contributed by atoms with Gasteiger partial charge in [0.1, 0.15) is 11.6 Å². The number of benzene rings is 3. The standard InChI is InChI=1S/C26H26N4OS/c1-17(31)14-24(32)19-8-5-9-20(15-19)25-29-23-16-21(27)10-11-22(23)26(30-25)28-13-12-18-6-3-2-4-7-18/h2-11,15-16,24,32H,12-14,27H2,1H3,(H,28,29,30)/t24-/m1/s1. The molecule has 0 radical (unpaired) electrons. The lowest BCUT2D eigenvalue weighted by atomic mass is 10.0. The molecule has 0 aliphatic heterocycles. The van der Waals surface area contributed by atoms with E-state index in [4.69, 9.17) is 15.7 Å². The first-order chi connectivity index (χ1) is 15.5. The Balaban J connectivity index is 1.67. The van der Waals surface area contributed by atoms with Crippen LogP contribution < -0.4 is 11.1 Å². The van der Waals surface area contributed by atoms with E-state index in [0.29, 0.717) is 17.9 Å². The number of nitrogen functional groups attached to an aromatic ring is 1. The van der Waals surface area contributed by atoms with Crippen LogP contribution in [0.15, 0.2) is 72.8 Å². The zero-order chi connectivity index (χ0) is 22.5. The van der Waals surface area contributed by atoms with Crippen LogP contribution in [0, 0.1) is 0 Å². The molecule has 3 aromatic carbocycles. The average Bonchev–Trinajstić information content (AvgIpc) is 2.79. The first kappa shape index (κ1) is 21.8. The Labute approximate surface area is 193 Å². The largest absolute Gasteiger partial charge is 0.399 e. The van der Waals surface area contributed by atoms with E-state index in [2.05, 4.69) is 30.1 Å². The van der Waals surface area contributed by atoms with Crippen molar-refractivity contribution in [3.05, 3.63) is 83.9 Å². The molecule has 1 heterocycles. The Morgan fingerprint density at radius 2 is 1.84 bits per heavy atom. The molecular formula is C26H26N4OS. The molecule has 0 fully saturated rings.